The van der Waals surface area contributed by atoms with Crippen LogP contribution in [0.1, 0.15) is 21.7 Å². The van der Waals surface area contributed by atoms with Gasteiger partial charge in [0.1, 0.15) is 11.4 Å². The molecule has 2 N–H and O–H groups in total. The quantitative estimate of drug-likeness (QED) is 0.758. The Labute approximate surface area is 137 Å². The molecule has 0 aromatic carbocycles. The van der Waals surface area contributed by atoms with Crippen LogP contribution in [0.25, 0.3) is 11.4 Å². The van der Waals surface area contributed by atoms with Crippen molar-refractivity contribution in [1.29, 1.82) is 0 Å². The lowest BCUT2D eigenvalue weighted by molar-refractivity contribution is 0.0727. The van der Waals surface area contributed by atoms with E-state index >= 15 is 0 Å². The van der Waals surface area contributed by atoms with Crippen molar-refractivity contribution in [2.75, 3.05) is 13.7 Å². The fourth-order valence-electron chi connectivity index (χ4n) is 2.87. The highest BCUT2D eigenvalue weighted by molar-refractivity contribution is 5.96. The maximum absolute atomic E-state index is 12.8. The van der Waals surface area contributed by atoms with E-state index in [0.717, 1.165) is 22.8 Å². The summed E-state index contributed by atoms with van der Waals surface area (Å²) < 4.78 is 5.19. The average Bonchev–Trinajstić information content (AvgIpc) is 3.29. The van der Waals surface area contributed by atoms with E-state index in [0.29, 0.717) is 31.0 Å². The van der Waals surface area contributed by atoms with E-state index in [1.165, 1.54) is 7.11 Å². The van der Waals surface area contributed by atoms with Gasteiger partial charge in [0.05, 0.1) is 36.8 Å². The molecule has 3 aromatic heterocycles. The first-order valence-corrected chi connectivity index (χ1v) is 7.61. The first-order chi connectivity index (χ1) is 11.8. The molecule has 24 heavy (non-hydrogen) atoms. The van der Waals surface area contributed by atoms with E-state index in [9.17, 15) is 4.79 Å². The van der Waals surface area contributed by atoms with E-state index in [4.69, 9.17) is 4.74 Å². The van der Waals surface area contributed by atoms with E-state index in [2.05, 4.69) is 25.1 Å². The molecule has 0 saturated heterocycles. The SMILES string of the molecule is COc1ncccc1C(=O)N1CCc2nc(-c3cn[nH]c3)[nH]c2C1. The van der Waals surface area contributed by atoms with E-state index < -0.39 is 0 Å². The summed E-state index contributed by atoms with van der Waals surface area (Å²) in [5, 5.41) is 6.71. The molecular formula is C16H16N6O2. The molecule has 1 aliphatic rings. The fraction of sp³-hybridized carbons (Fsp3) is 0.250. The molecule has 1 amide bonds. The predicted molar refractivity (Wildman–Crippen MR) is 85.4 cm³/mol. The summed E-state index contributed by atoms with van der Waals surface area (Å²) in [6.45, 7) is 1.09. The third kappa shape index (κ3) is 2.41. The monoisotopic (exact) mass is 324 g/mol. The summed E-state index contributed by atoms with van der Waals surface area (Å²) in [4.78, 5) is 26.5. The third-order valence-corrected chi connectivity index (χ3v) is 4.09. The standard InChI is InChI=1S/C16H16N6O2/c1-24-15-11(3-2-5-17-15)16(23)22-6-4-12-13(9-22)21-14(20-12)10-7-18-19-8-10/h2-3,5,7-8H,4,6,9H2,1H3,(H,18,19)(H,20,21). The Bertz CT molecular complexity index is 871. The highest BCUT2D eigenvalue weighted by Crippen LogP contribution is 2.24. The molecule has 4 rings (SSSR count). The van der Waals surface area contributed by atoms with Gasteiger partial charge < -0.3 is 14.6 Å². The van der Waals surface area contributed by atoms with E-state index in [-0.39, 0.29) is 5.91 Å². The molecule has 0 spiro atoms. The molecule has 0 bridgehead atoms. The fourth-order valence-corrected chi connectivity index (χ4v) is 2.87. The van der Waals surface area contributed by atoms with E-state index in [1.807, 2.05) is 0 Å². The molecule has 1 aliphatic heterocycles. The van der Waals surface area contributed by atoms with Crippen molar-refractivity contribution in [1.82, 2.24) is 30.0 Å². The van der Waals surface area contributed by atoms with Gasteiger partial charge in [-0.2, -0.15) is 5.10 Å². The van der Waals surface area contributed by atoms with Crippen LogP contribution in [-0.2, 0) is 13.0 Å². The van der Waals surface area contributed by atoms with Crippen molar-refractivity contribution in [3.05, 3.63) is 47.7 Å². The lowest BCUT2D eigenvalue weighted by Crippen LogP contribution is -2.36. The van der Waals surface area contributed by atoms with Gasteiger partial charge in [-0.1, -0.05) is 0 Å². The van der Waals surface area contributed by atoms with Crippen LogP contribution < -0.4 is 4.74 Å². The van der Waals surface area contributed by atoms with Crippen molar-refractivity contribution in [2.45, 2.75) is 13.0 Å². The van der Waals surface area contributed by atoms with Crippen molar-refractivity contribution in [3.63, 3.8) is 0 Å². The molecule has 8 heteroatoms. The summed E-state index contributed by atoms with van der Waals surface area (Å²) in [6.07, 6.45) is 5.81. The Balaban J connectivity index is 1.59. The van der Waals surface area contributed by atoms with Crippen LogP contribution in [0, 0.1) is 0 Å². The van der Waals surface area contributed by atoms with Crippen LogP contribution in [0.4, 0.5) is 0 Å². The zero-order valence-corrected chi connectivity index (χ0v) is 13.1. The molecule has 3 aromatic rings. The Hall–Kier alpha value is -3.16. The number of methoxy groups -OCH3 is 1. The zero-order chi connectivity index (χ0) is 16.5. The molecule has 8 nitrogen and oxygen atoms in total. The van der Waals surface area contributed by atoms with Crippen molar-refractivity contribution in [3.8, 4) is 17.3 Å². The summed E-state index contributed by atoms with van der Waals surface area (Å²) in [5.41, 5.74) is 3.32. The minimum absolute atomic E-state index is 0.0925. The second-order valence-electron chi connectivity index (χ2n) is 5.53. The van der Waals surface area contributed by atoms with Crippen LogP contribution in [0.3, 0.4) is 0 Å². The zero-order valence-electron chi connectivity index (χ0n) is 13.1. The van der Waals surface area contributed by atoms with Gasteiger partial charge >= 0.3 is 0 Å². The summed E-state index contributed by atoms with van der Waals surface area (Å²) in [5.74, 6) is 1.02. The van der Waals surface area contributed by atoms with Crippen LogP contribution in [-0.4, -0.2) is 49.6 Å². The number of aromatic amines is 2. The first kappa shape index (κ1) is 14.4. The number of fused-ring (bicyclic) bond motifs is 1. The molecule has 0 fully saturated rings. The number of aromatic nitrogens is 5. The number of ether oxygens (including phenoxy) is 1. The van der Waals surface area contributed by atoms with E-state index in [1.54, 1.807) is 35.6 Å². The summed E-state index contributed by atoms with van der Waals surface area (Å²) >= 11 is 0. The maximum Gasteiger partial charge on any atom is 0.259 e. The Morgan fingerprint density at radius 2 is 2.33 bits per heavy atom. The molecule has 0 unspecified atom stereocenters. The van der Waals surface area contributed by atoms with Crippen LogP contribution in [0.5, 0.6) is 5.88 Å². The number of amides is 1. The number of hydrogen-bond donors (Lipinski definition) is 2. The predicted octanol–water partition coefficient (Wildman–Crippen LogP) is 1.40. The molecule has 0 atom stereocenters. The minimum Gasteiger partial charge on any atom is -0.480 e. The van der Waals surface area contributed by atoms with Gasteiger partial charge in [-0.15, -0.1) is 0 Å². The number of nitrogens with one attached hydrogen (secondary N) is 2. The molecule has 0 radical (unpaired) electrons. The molecule has 0 aliphatic carbocycles. The van der Waals surface area contributed by atoms with Gasteiger partial charge in [0.15, 0.2) is 0 Å². The van der Waals surface area contributed by atoms with Gasteiger partial charge in [0.2, 0.25) is 5.88 Å². The van der Waals surface area contributed by atoms with Crippen LogP contribution in [0.2, 0.25) is 0 Å². The molecular weight excluding hydrogens is 308 g/mol. The van der Waals surface area contributed by atoms with Gasteiger partial charge in [-0.25, -0.2) is 9.97 Å². The molecule has 0 saturated carbocycles. The number of carbonyl (C=O) groups is 1. The Morgan fingerprint density at radius 1 is 1.42 bits per heavy atom. The van der Waals surface area contributed by atoms with Crippen molar-refractivity contribution >= 4 is 5.91 Å². The second kappa shape index (κ2) is 5.80. The summed E-state index contributed by atoms with van der Waals surface area (Å²) in [7, 11) is 1.51. The minimum atomic E-state index is -0.0925. The molecule has 122 valence electrons. The summed E-state index contributed by atoms with van der Waals surface area (Å²) in [6, 6.07) is 3.46. The number of hydrogen-bond acceptors (Lipinski definition) is 5. The Morgan fingerprint density at radius 3 is 3.12 bits per heavy atom. The third-order valence-electron chi connectivity index (χ3n) is 4.09. The topological polar surface area (TPSA) is 99.8 Å². The lowest BCUT2D eigenvalue weighted by atomic mass is 10.1. The highest BCUT2D eigenvalue weighted by Gasteiger charge is 2.26. The smallest absolute Gasteiger partial charge is 0.259 e. The van der Waals surface area contributed by atoms with Crippen molar-refractivity contribution < 1.29 is 9.53 Å². The van der Waals surface area contributed by atoms with Crippen LogP contribution in [0.15, 0.2) is 30.7 Å². The number of carbonyl (C=O) groups excluding carboxylic acids is 1. The van der Waals surface area contributed by atoms with Gasteiger partial charge in [-0.05, 0) is 12.1 Å². The largest absolute Gasteiger partial charge is 0.480 e. The number of pyridine rings is 1. The van der Waals surface area contributed by atoms with Gasteiger partial charge in [0, 0.05) is 25.4 Å². The second-order valence-corrected chi connectivity index (χ2v) is 5.53. The number of H-pyrrole nitrogens is 2. The van der Waals surface area contributed by atoms with Crippen LogP contribution >= 0.6 is 0 Å². The number of rotatable bonds is 3. The lowest BCUT2D eigenvalue weighted by Gasteiger charge is -2.26. The average molecular weight is 324 g/mol. The Kier molecular flexibility index (Phi) is 3.49. The van der Waals surface area contributed by atoms with Gasteiger partial charge in [-0.3, -0.25) is 9.89 Å². The molecule has 4 heterocycles. The number of nitrogens with zero attached hydrogens (tertiary/aromatic N) is 4. The maximum atomic E-state index is 12.8. The van der Waals surface area contributed by atoms with Gasteiger partial charge in [0.25, 0.3) is 5.91 Å². The highest BCUT2D eigenvalue weighted by atomic mass is 16.5. The number of imidazole rings is 1. The van der Waals surface area contributed by atoms with Crippen molar-refractivity contribution in [2.24, 2.45) is 0 Å². The normalized spacial score (nSPS) is 13.6. The first-order valence-electron chi connectivity index (χ1n) is 7.61.